The van der Waals surface area contributed by atoms with E-state index in [2.05, 4.69) is 33.5 Å². The van der Waals surface area contributed by atoms with Gasteiger partial charge in [-0.05, 0) is 19.1 Å². The third kappa shape index (κ3) is 3.09. The van der Waals surface area contributed by atoms with Crippen molar-refractivity contribution in [3.8, 4) is 0 Å². The number of pyridine rings is 1. The summed E-state index contributed by atoms with van der Waals surface area (Å²) in [7, 11) is -3.06. The highest BCUT2D eigenvalue weighted by Gasteiger charge is 2.23. The Morgan fingerprint density at radius 2 is 1.90 bits per heavy atom. The van der Waals surface area contributed by atoms with Crippen molar-refractivity contribution < 1.29 is 8.42 Å². The number of imidazole rings is 1. The molecule has 3 heterocycles. The Kier molecular flexibility index (Phi) is 3.73. The summed E-state index contributed by atoms with van der Waals surface area (Å²) in [5, 5.41) is 0. The zero-order valence-electron chi connectivity index (χ0n) is 12.4. The molecular weight excluding hydrogens is 288 g/mol. The fourth-order valence-electron chi connectivity index (χ4n) is 2.72. The van der Waals surface area contributed by atoms with Gasteiger partial charge in [0.15, 0.2) is 0 Å². The lowest BCUT2D eigenvalue weighted by atomic mass is 10.3. The number of rotatable bonds is 3. The number of nitrogens with zero attached hydrogens (tertiary/aromatic N) is 4. The first-order chi connectivity index (χ1) is 9.93. The number of aryl methyl sites for hydroxylation is 1. The van der Waals surface area contributed by atoms with E-state index in [0.717, 1.165) is 36.7 Å². The van der Waals surface area contributed by atoms with Crippen LogP contribution in [0.15, 0.2) is 24.4 Å². The summed E-state index contributed by atoms with van der Waals surface area (Å²) in [4.78, 5) is 6.87. The standard InChI is InChI=1S/C14H20N4O2S/c1-12-4-3-5-14-15-13(11-18(12)14)10-16-6-8-17(9-7-16)21(2,19)20/h3-5,11H,6-10H2,1-2H3. The summed E-state index contributed by atoms with van der Waals surface area (Å²) in [6, 6.07) is 6.06. The maximum absolute atomic E-state index is 11.5. The molecule has 0 spiro atoms. The summed E-state index contributed by atoms with van der Waals surface area (Å²) in [5.41, 5.74) is 3.14. The number of fused-ring (bicyclic) bond motifs is 1. The Bertz CT molecular complexity index is 745. The summed E-state index contributed by atoms with van der Waals surface area (Å²) >= 11 is 0. The smallest absolute Gasteiger partial charge is 0.211 e. The molecule has 2 aromatic heterocycles. The van der Waals surface area contributed by atoms with Crippen LogP contribution in [0.5, 0.6) is 0 Å². The molecule has 1 saturated heterocycles. The second kappa shape index (κ2) is 5.40. The van der Waals surface area contributed by atoms with Crippen LogP contribution in [0.1, 0.15) is 11.4 Å². The number of hydrogen-bond acceptors (Lipinski definition) is 4. The van der Waals surface area contributed by atoms with E-state index in [1.54, 1.807) is 0 Å². The number of piperazine rings is 1. The molecule has 2 aromatic rings. The van der Waals surface area contributed by atoms with E-state index in [9.17, 15) is 8.42 Å². The lowest BCUT2D eigenvalue weighted by Crippen LogP contribution is -2.47. The third-order valence-corrected chi connectivity index (χ3v) is 5.23. The molecule has 1 aliphatic heterocycles. The second-order valence-corrected chi connectivity index (χ2v) is 7.55. The van der Waals surface area contributed by atoms with Crippen molar-refractivity contribution in [2.45, 2.75) is 13.5 Å². The molecule has 0 radical (unpaired) electrons. The minimum Gasteiger partial charge on any atom is -0.304 e. The largest absolute Gasteiger partial charge is 0.304 e. The van der Waals surface area contributed by atoms with Gasteiger partial charge >= 0.3 is 0 Å². The van der Waals surface area contributed by atoms with Crippen molar-refractivity contribution in [1.82, 2.24) is 18.6 Å². The molecule has 0 unspecified atom stereocenters. The van der Waals surface area contributed by atoms with Crippen LogP contribution in [0.25, 0.3) is 5.65 Å². The van der Waals surface area contributed by atoms with Gasteiger partial charge in [-0.15, -0.1) is 0 Å². The lowest BCUT2D eigenvalue weighted by Gasteiger charge is -2.32. The van der Waals surface area contributed by atoms with Crippen LogP contribution in [0.3, 0.4) is 0 Å². The predicted molar refractivity (Wildman–Crippen MR) is 81.6 cm³/mol. The average molecular weight is 308 g/mol. The van der Waals surface area contributed by atoms with E-state index < -0.39 is 10.0 Å². The van der Waals surface area contributed by atoms with Crippen LogP contribution < -0.4 is 0 Å². The first-order valence-corrected chi connectivity index (χ1v) is 8.89. The molecule has 21 heavy (non-hydrogen) atoms. The highest BCUT2D eigenvalue weighted by molar-refractivity contribution is 7.88. The van der Waals surface area contributed by atoms with Gasteiger partial charge in [-0.1, -0.05) is 6.07 Å². The van der Waals surface area contributed by atoms with Crippen LogP contribution in [-0.4, -0.2) is 59.4 Å². The van der Waals surface area contributed by atoms with Gasteiger partial charge in [0.25, 0.3) is 0 Å². The van der Waals surface area contributed by atoms with Crippen molar-refractivity contribution >= 4 is 15.7 Å². The van der Waals surface area contributed by atoms with Crippen molar-refractivity contribution in [2.24, 2.45) is 0 Å². The van der Waals surface area contributed by atoms with Crippen molar-refractivity contribution in [3.63, 3.8) is 0 Å². The molecule has 0 N–H and O–H groups in total. The minimum atomic E-state index is -3.06. The predicted octanol–water partition coefficient (Wildman–Crippen LogP) is 0.720. The van der Waals surface area contributed by atoms with Crippen LogP contribution in [0.4, 0.5) is 0 Å². The Hall–Kier alpha value is -1.44. The van der Waals surface area contributed by atoms with Crippen LogP contribution >= 0.6 is 0 Å². The number of hydrogen-bond donors (Lipinski definition) is 0. The van der Waals surface area contributed by atoms with Crippen molar-refractivity contribution in [1.29, 1.82) is 0 Å². The molecule has 0 saturated carbocycles. The molecule has 1 fully saturated rings. The topological polar surface area (TPSA) is 57.9 Å². The van der Waals surface area contributed by atoms with E-state index in [4.69, 9.17) is 0 Å². The fourth-order valence-corrected chi connectivity index (χ4v) is 3.55. The van der Waals surface area contributed by atoms with Gasteiger partial charge in [0.1, 0.15) is 5.65 Å². The maximum atomic E-state index is 11.5. The molecule has 0 atom stereocenters. The third-order valence-electron chi connectivity index (χ3n) is 3.93. The first kappa shape index (κ1) is 14.5. The molecule has 6 nitrogen and oxygen atoms in total. The Labute approximate surface area is 125 Å². The highest BCUT2D eigenvalue weighted by Crippen LogP contribution is 2.12. The fraction of sp³-hybridized carbons (Fsp3) is 0.500. The SMILES string of the molecule is Cc1cccc2nc(CN3CCN(S(C)(=O)=O)CC3)cn12. The molecule has 0 bridgehead atoms. The van der Waals surface area contributed by atoms with E-state index in [1.165, 1.54) is 10.6 Å². The molecule has 1 aliphatic rings. The Balaban J connectivity index is 1.68. The lowest BCUT2D eigenvalue weighted by molar-refractivity contribution is 0.180. The van der Waals surface area contributed by atoms with E-state index in [1.807, 2.05) is 12.1 Å². The normalized spacial score (nSPS) is 18.4. The zero-order chi connectivity index (χ0) is 15.0. The molecule has 3 rings (SSSR count). The minimum absolute atomic E-state index is 0.561. The van der Waals surface area contributed by atoms with E-state index >= 15 is 0 Å². The number of aromatic nitrogens is 2. The van der Waals surface area contributed by atoms with Gasteiger partial charge in [0.05, 0.1) is 11.9 Å². The molecule has 114 valence electrons. The average Bonchev–Trinajstić information content (AvgIpc) is 2.82. The van der Waals surface area contributed by atoms with Gasteiger partial charge in [-0.2, -0.15) is 4.31 Å². The van der Waals surface area contributed by atoms with Gasteiger partial charge in [0, 0.05) is 44.6 Å². The maximum Gasteiger partial charge on any atom is 0.211 e. The first-order valence-electron chi connectivity index (χ1n) is 7.04. The summed E-state index contributed by atoms with van der Waals surface area (Å²) in [5.74, 6) is 0. The molecule has 0 aromatic carbocycles. The van der Waals surface area contributed by atoms with Crippen LogP contribution in [-0.2, 0) is 16.6 Å². The Morgan fingerprint density at radius 3 is 2.52 bits per heavy atom. The van der Waals surface area contributed by atoms with Crippen LogP contribution in [0.2, 0.25) is 0 Å². The van der Waals surface area contributed by atoms with Crippen LogP contribution in [0, 0.1) is 6.92 Å². The monoisotopic (exact) mass is 308 g/mol. The molecular formula is C14H20N4O2S. The zero-order valence-corrected chi connectivity index (χ0v) is 13.2. The molecule has 0 amide bonds. The quantitative estimate of drug-likeness (QED) is 0.838. The van der Waals surface area contributed by atoms with Crippen molar-refractivity contribution in [2.75, 3.05) is 32.4 Å². The number of sulfonamides is 1. The summed E-state index contributed by atoms with van der Waals surface area (Å²) in [6.45, 7) is 5.44. The summed E-state index contributed by atoms with van der Waals surface area (Å²) < 4.78 is 26.6. The van der Waals surface area contributed by atoms with E-state index in [0.29, 0.717) is 13.1 Å². The summed E-state index contributed by atoms with van der Waals surface area (Å²) in [6.07, 6.45) is 3.33. The second-order valence-electron chi connectivity index (χ2n) is 5.57. The molecule has 0 aliphatic carbocycles. The van der Waals surface area contributed by atoms with E-state index in [-0.39, 0.29) is 0 Å². The Morgan fingerprint density at radius 1 is 1.19 bits per heavy atom. The van der Waals surface area contributed by atoms with Gasteiger partial charge < -0.3 is 4.40 Å². The van der Waals surface area contributed by atoms with Crippen molar-refractivity contribution in [3.05, 3.63) is 35.8 Å². The highest BCUT2D eigenvalue weighted by atomic mass is 32.2. The van der Waals surface area contributed by atoms with Gasteiger partial charge in [0.2, 0.25) is 10.0 Å². The van der Waals surface area contributed by atoms with Gasteiger partial charge in [-0.3, -0.25) is 4.90 Å². The van der Waals surface area contributed by atoms with Gasteiger partial charge in [-0.25, -0.2) is 13.4 Å². The molecule has 7 heteroatoms.